The molecule has 4 rings (SSSR count). The summed E-state index contributed by atoms with van der Waals surface area (Å²) < 4.78 is 5.45. The summed E-state index contributed by atoms with van der Waals surface area (Å²) in [5.41, 5.74) is 6.32. The first-order valence-electron chi connectivity index (χ1n) is 9.12. The highest BCUT2D eigenvalue weighted by Crippen LogP contribution is 2.40. The number of hydrogen-bond acceptors (Lipinski definition) is 5. The summed E-state index contributed by atoms with van der Waals surface area (Å²) in [5, 5.41) is 14.3. The Bertz CT molecular complexity index is 1010. The number of fused-ring (bicyclic) bond motifs is 1. The van der Waals surface area contributed by atoms with Gasteiger partial charge < -0.3 is 9.84 Å². The number of benzene rings is 3. The Morgan fingerprint density at radius 3 is 2.43 bits per heavy atom. The molecular weight excluding hydrogens is 352 g/mol. The van der Waals surface area contributed by atoms with Gasteiger partial charge in [-0.1, -0.05) is 43.3 Å². The van der Waals surface area contributed by atoms with Crippen molar-refractivity contribution in [3.63, 3.8) is 0 Å². The standard InChI is InChI=1S/C23H20N2O3/c1-15(21-19-9-5-6-10-20(19)28-23(21)27)22(16-11-13-18(26)14-12-16)25-24-17-7-3-2-4-8-17/h2-15,21,24,26H,1H3/b25-22-. The van der Waals surface area contributed by atoms with Gasteiger partial charge in [-0.2, -0.15) is 5.10 Å². The summed E-state index contributed by atoms with van der Waals surface area (Å²) in [6.07, 6.45) is 0. The Labute approximate surface area is 163 Å². The number of nitrogens with zero attached hydrogens (tertiary/aromatic N) is 1. The molecule has 140 valence electrons. The molecule has 0 saturated carbocycles. The first kappa shape index (κ1) is 17.8. The number of ether oxygens (including phenoxy) is 1. The van der Waals surface area contributed by atoms with Gasteiger partial charge in [-0.15, -0.1) is 0 Å². The number of phenols is 1. The first-order chi connectivity index (χ1) is 13.6. The van der Waals surface area contributed by atoms with E-state index in [-0.39, 0.29) is 17.6 Å². The fraction of sp³-hybridized carbons (Fsp3) is 0.130. The molecule has 0 aliphatic carbocycles. The quantitative estimate of drug-likeness (QED) is 0.298. The van der Waals surface area contributed by atoms with Crippen LogP contribution in [-0.2, 0) is 4.79 Å². The summed E-state index contributed by atoms with van der Waals surface area (Å²) in [6.45, 7) is 1.96. The van der Waals surface area contributed by atoms with Crippen LogP contribution in [0.4, 0.5) is 5.69 Å². The van der Waals surface area contributed by atoms with E-state index < -0.39 is 5.92 Å². The minimum absolute atomic E-state index is 0.178. The Balaban J connectivity index is 1.72. The minimum Gasteiger partial charge on any atom is -0.508 e. The molecular formula is C23H20N2O3. The van der Waals surface area contributed by atoms with E-state index in [1.807, 2.05) is 55.5 Å². The molecule has 2 atom stereocenters. The van der Waals surface area contributed by atoms with Crippen LogP contribution in [0.25, 0.3) is 0 Å². The Morgan fingerprint density at radius 1 is 1.00 bits per heavy atom. The first-order valence-corrected chi connectivity index (χ1v) is 9.12. The number of hydrazone groups is 1. The molecule has 0 aromatic heterocycles. The molecule has 0 saturated heterocycles. The summed E-state index contributed by atoms with van der Waals surface area (Å²) in [5.74, 6) is -0.180. The van der Waals surface area contributed by atoms with E-state index in [2.05, 4.69) is 10.5 Å². The molecule has 3 aromatic rings. The van der Waals surface area contributed by atoms with Crippen LogP contribution in [0.15, 0.2) is 84.0 Å². The van der Waals surface area contributed by atoms with Crippen molar-refractivity contribution in [2.75, 3.05) is 5.43 Å². The SMILES string of the molecule is CC(/C(=N/Nc1ccccc1)c1ccc(O)cc1)C1C(=O)Oc2ccccc21. The molecule has 1 aliphatic rings. The van der Waals surface area contributed by atoms with Crippen molar-refractivity contribution in [2.24, 2.45) is 11.0 Å². The maximum Gasteiger partial charge on any atom is 0.319 e. The van der Waals surface area contributed by atoms with Crippen molar-refractivity contribution in [3.05, 3.63) is 90.0 Å². The molecule has 0 fully saturated rings. The van der Waals surface area contributed by atoms with Crippen LogP contribution in [-0.4, -0.2) is 16.8 Å². The van der Waals surface area contributed by atoms with Crippen LogP contribution < -0.4 is 10.2 Å². The number of para-hydroxylation sites is 2. The normalized spacial score (nSPS) is 17.0. The van der Waals surface area contributed by atoms with Gasteiger partial charge >= 0.3 is 5.97 Å². The van der Waals surface area contributed by atoms with Gasteiger partial charge in [-0.3, -0.25) is 10.2 Å². The molecule has 0 spiro atoms. The van der Waals surface area contributed by atoms with Crippen molar-refractivity contribution in [1.82, 2.24) is 0 Å². The van der Waals surface area contributed by atoms with Crippen LogP contribution in [0.2, 0.25) is 0 Å². The Kier molecular flexibility index (Phi) is 4.81. The van der Waals surface area contributed by atoms with Gasteiger partial charge in [-0.05, 0) is 48.0 Å². The number of carbonyl (C=O) groups excluding carboxylic acids is 1. The predicted octanol–water partition coefficient (Wildman–Crippen LogP) is 4.55. The molecule has 2 unspecified atom stereocenters. The van der Waals surface area contributed by atoms with Gasteiger partial charge in [0.25, 0.3) is 0 Å². The lowest BCUT2D eigenvalue weighted by molar-refractivity contribution is -0.134. The third-order valence-electron chi connectivity index (χ3n) is 4.89. The van der Waals surface area contributed by atoms with Gasteiger partial charge in [0, 0.05) is 11.5 Å². The van der Waals surface area contributed by atoms with Gasteiger partial charge in [0.15, 0.2) is 0 Å². The van der Waals surface area contributed by atoms with Crippen molar-refractivity contribution in [1.29, 1.82) is 0 Å². The van der Waals surface area contributed by atoms with Crippen LogP contribution >= 0.6 is 0 Å². The van der Waals surface area contributed by atoms with E-state index in [9.17, 15) is 9.90 Å². The van der Waals surface area contributed by atoms with Crippen molar-refractivity contribution >= 4 is 17.4 Å². The maximum atomic E-state index is 12.6. The van der Waals surface area contributed by atoms with Crippen LogP contribution in [0, 0.1) is 5.92 Å². The van der Waals surface area contributed by atoms with Crippen LogP contribution in [0.5, 0.6) is 11.5 Å². The average molecular weight is 372 g/mol. The number of rotatable bonds is 5. The van der Waals surface area contributed by atoms with Gasteiger partial charge in [0.05, 0.1) is 17.3 Å². The highest BCUT2D eigenvalue weighted by molar-refractivity contribution is 6.06. The largest absolute Gasteiger partial charge is 0.508 e. The van der Waals surface area contributed by atoms with E-state index in [0.29, 0.717) is 11.5 Å². The number of esters is 1. The van der Waals surface area contributed by atoms with E-state index in [4.69, 9.17) is 4.74 Å². The molecule has 0 bridgehead atoms. The van der Waals surface area contributed by atoms with E-state index in [1.54, 1.807) is 30.3 Å². The molecule has 2 N–H and O–H groups in total. The average Bonchev–Trinajstić information content (AvgIpc) is 3.05. The fourth-order valence-electron chi connectivity index (χ4n) is 3.46. The fourth-order valence-corrected chi connectivity index (χ4v) is 3.46. The number of anilines is 1. The summed E-state index contributed by atoms with van der Waals surface area (Å²) in [4.78, 5) is 12.6. The smallest absolute Gasteiger partial charge is 0.319 e. The molecule has 5 nitrogen and oxygen atoms in total. The van der Waals surface area contributed by atoms with Crippen molar-refractivity contribution in [2.45, 2.75) is 12.8 Å². The number of nitrogens with one attached hydrogen (secondary N) is 1. The molecule has 1 heterocycles. The zero-order chi connectivity index (χ0) is 19.5. The third-order valence-corrected chi connectivity index (χ3v) is 4.89. The molecule has 3 aromatic carbocycles. The maximum absolute atomic E-state index is 12.6. The lowest BCUT2D eigenvalue weighted by Gasteiger charge is -2.20. The molecule has 5 heteroatoms. The predicted molar refractivity (Wildman–Crippen MR) is 109 cm³/mol. The second-order valence-corrected chi connectivity index (χ2v) is 6.75. The molecule has 0 amide bonds. The van der Waals surface area contributed by atoms with Gasteiger partial charge in [-0.25, -0.2) is 0 Å². The number of phenolic OH excluding ortho intramolecular Hbond substituents is 1. The lowest BCUT2D eigenvalue weighted by Crippen LogP contribution is -2.26. The summed E-state index contributed by atoms with van der Waals surface area (Å²) in [6, 6.07) is 23.9. The minimum atomic E-state index is -0.443. The highest BCUT2D eigenvalue weighted by Gasteiger charge is 2.39. The van der Waals surface area contributed by atoms with Crippen LogP contribution in [0.1, 0.15) is 24.0 Å². The van der Waals surface area contributed by atoms with Crippen molar-refractivity contribution < 1.29 is 14.6 Å². The van der Waals surface area contributed by atoms with Gasteiger partial charge in [0.2, 0.25) is 0 Å². The summed E-state index contributed by atoms with van der Waals surface area (Å²) >= 11 is 0. The van der Waals surface area contributed by atoms with Crippen LogP contribution in [0.3, 0.4) is 0 Å². The molecule has 28 heavy (non-hydrogen) atoms. The summed E-state index contributed by atoms with van der Waals surface area (Å²) in [7, 11) is 0. The third kappa shape index (κ3) is 3.47. The Hall–Kier alpha value is -3.60. The molecule has 1 aliphatic heterocycles. The number of aromatic hydroxyl groups is 1. The zero-order valence-corrected chi connectivity index (χ0v) is 15.4. The number of carbonyl (C=O) groups is 1. The zero-order valence-electron chi connectivity index (χ0n) is 15.4. The van der Waals surface area contributed by atoms with E-state index >= 15 is 0 Å². The number of hydrogen-bond donors (Lipinski definition) is 2. The van der Waals surface area contributed by atoms with E-state index in [1.165, 1.54) is 0 Å². The lowest BCUT2D eigenvalue weighted by atomic mass is 9.83. The molecule has 0 radical (unpaired) electrons. The topological polar surface area (TPSA) is 70.9 Å². The second kappa shape index (κ2) is 7.56. The van der Waals surface area contributed by atoms with E-state index in [0.717, 1.165) is 16.8 Å². The van der Waals surface area contributed by atoms with Crippen molar-refractivity contribution in [3.8, 4) is 11.5 Å². The Morgan fingerprint density at radius 2 is 1.68 bits per heavy atom. The van der Waals surface area contributed by atoms with Gasteiger partial charge in [0.1, 0.15) is 11.5 Å². The highest BCUT2D eigenvalue weighted by atomic mass is 16.5. The monoisotopic (exact) mass is 372 g/mol. The second-order valence-electron chi connectivity index (χ2n) is 6.75.